The third kappa shape index (κ3) is 6.51. The molecule has 306 valence electrons. The van der Waals surface area contributed by atoms with Crippen LogP contribution in [0.2, 0.25) is 0 Å². The van der Waals surface area contributed by atoms with Crippen LogP contribution in [0.15, 0.2) is 48.7 Å². The minimum atomic E-state index is -0.968. The number of carbonyl (C=O) groups is 3. The molecule has 0 radical (unpaired) electrons. The number of hydrogen-bond acceptors (Lipinski definition) is 8. The molecule has 0 saturated carbocycles. The van der Waals surface area contributed by atoms with Crippen molar-refractivity contribution in [2.75, 3.05) is 33.9 Å². The molecule has 2 fully saturated rings. The quantitative estimate of drug-likeness (QED) is 0.122. The Morgan fingerprint density at radius 1 is 1.07 bits per heavy atom. The summed E-state index contributed by atoms with van der Waals surface area (Å²) in [5, 5.41) is 15.1. The topological polar surface area (TPSA) is 175 Å². The van der Waals surface area contributed by atoms with Gasteiger partial charge < -0.3 is 39.5 Å². The van der Waals surface area contributed by atoms with E-state index in [1.165, 1.54) is 7.11 Å². The van der Waals surface area contributed by atoms with Crippen molar-refractivity contribution in [1.82, 2.24) is 35.1 Å². The minimum Gasteiger partial charge on any atom is -0.488 e. The Morgan fingerprint density at radius 3 is 2.57 bits per heavy atom. The molecule has 5 heterocycles. The lowest BCUT2D eigenvalue weighted by Gasteiger charge is -2.45. The van der Waals surface area contributed by atoms with Gasteiger partial charge in [-0.05, 0) is 76.4 Å². The van der Waals surface area contributed by atoms with Gasteiger partial charge in [0.15, 0.2) is 0 Å². The second-order valence-corrected chi connectivity index (χ2v) is 17.7. The lowest BCUT2D eigenvalue weighted by molar-refractivity contribution is -0.135. The molecular weight excluding hydrogens is 739 g/mol. The van der Waals surface area contributed by atoms with Crippen LogP contribution in [0, 0.1) is 23.2 Å². The van der Waals surface area contributed by atoms with Gasteiger partial charge in [-0.2, -0.15) is 0 Å². The third-order valence-corrected chi connectivity index (χ3v) is 12.5. The Bertz CT molecular complexity index is 2410. The maximum Gasteiger partial charge on any atom is 0.408 e. The third-order valence-electron chi connectivity index (χ3n) is 12.5. The van der Waals surface area contributed by atoms with E-state index in [-0.39, 0.29) is 29.7 Å². The lowest BCUT2D eigenvalue weighted by atomic mass is 9.70. The van der Waals surface area contributed by atoms with Crippen molar-refractivity contribution in [3.63, 3.8) is 0 Å². The summed E-state index contributed by atoms with van der Waals surface area (Å²) in [6.45, 7) is 13.9. The molecule has 14 nitrogen and oxygen atoms in total. The van der Waals surface area contributed by atoms with Crippen LogP contribution in [0.4, 0.5) is 9.59 Å². The number of amides is 3. The van der Waals surface area contributed by atoms with E-state index in [2.05, 4.69) is 79.4 Å². The number of carboxylic acid groups (broad SMARTS) is 1. The number of carbonyl (C=O) groups excluding carboxylic acids is 2. The standard InChI is InChI=1S/C44H53N7O7/c1-23(2)36(49-41(53)57-8)39(52)50-19-24(3)13-34(50)38-45-18-33(46-38)27-9-11-29-28(14-27)22-58-35-16-30-26(15-31(29)35)10-12-32-37(30)48-40(47-32)44(43(4,5)6)17-25(21-56-7)20-51(44)42(54)55/h9-12,14-16,18,23-25,34,36H,13,17,19-22H2,1-8H3,(H,45,46)(H,47,48)(H,49,53)(H,54,55)/t24-,25-,34-,36-,44+/m0/s1. The van der Waals surface area contributed by atoms with Gasteiger partial charge in [0.1, 0.15) is 35.6 Å². The predicted octanol–water partition coefficient (Wildman–Crippen LogP) is 7.84. The highest BCUT2D eigenvalue weighted by atomic mass is 16.5. The first-order chi connectivity index (χ1) is 27.6. The number of H-pyrrole nitrogens is 2. The van der Waals surface area contributed by atoms with Crippen LogP contribution in [0.5, 0.6) is 5.75 Å². The Balaban J connectivity index is 1.09. The summed E-state index contributed by atoms with van der Waals surface area (Å²) in [7, 11) is 2.94. The SMILES string of the molecule is COC[C@@H]1CN(C(=O)O)[C@](c2nc3c(ccc4cc5c(cc43)OCc3cc(-c4cnc([C@@H]6C[C@H](C)CN6C(=O)[C@@H](NC(=O)OC)C(C)C)[nH]4)ccc3-5)[nH]2)(C(C)(C)C)C1. The number of methoxy groups -OCH3 is 2. The summed E-state index contributed by atoms with van der Waals surface area (Å²) in [6.07, 6.45) is 1.56. The predicted molar refractivity (Wildman–Crippen MR) is 219 cm³/mol. The van der Waals surface area contributed by atoms with Crippen LogP contribution in [0.25, 0.3) is 44.2 Å². The maximum atomic E-state index is 13.8. The number of aromatic nitrogens is 4. The molecule has 0 bridgehead atoms. The average Bonchev–Trinajstić information content (AvgIpc) is 4.00. The van der Waals surface area contributed by atoms with Crippen LogP contribution < -0.4 is 10.1 Å². The molecule has 0 unspecified atom stereocenters. The second-order valence-electron chi connectivity index (χ2n) is 17.7. The van der Waals surface area contributed by atoms with Gasteiger partial charge in [0.05, 0.1) is 42.7 Å². The van der Waals surface area contributed by atoms with Crippen LogP contribution >= 0.6 is 0 Å². The van der Waals surface area contributed by atoms with E-state index in [9.17, 15) is 19.5 Å². The van der Waals surface area contributed by atoms with Crippen molar-refractivity contribution < 1.29 is 33.7 Å². The monoisotopic (exact) mass is 791 g/mol. The number of ether oxygens (including phenoxy) is 3. The van der Waals surface area contributed by atoms with E-state index >= 15 is 0 Å². The molecular formula is C44H53N7O7. The van der Waals surface area contributed by atoms with E-state index in [0.717, 1.165) is 61.9 Å². The normalized spacial score (nSPS) is 22.3. The maximum absolute atomic E-state index is 13.8. The summed E-state index contributed by atoms with van der Waals surface area (Å²) in [5.41, 5.74) is 5.16. The second kappa shape index (κ2) is 14.6. The van der Waals surface area contributed by atoms with E-state index in [0.29, 0.717) is 44.4 Å². The molecule has 5 aromatic rings. The molecule has 0 aliphatic carbocycles. The Hall–Kier alpha value is -5.63. The molecule has 2 saturated heterocycles. The van der Waals surface area contributed by atoms with E-state index in [1.807, 2.05) is 31.0 Å². The number of aromatic amines is 2. The molecule has 3 amide bonds. The zero-order valence-electron chi connectivity index (χ0n) is 34.4. The number of hydrogen-bond donors (Lipinski definition) is 4. The Labute approximate surface area is 337 Å². The van der Waals surface area contributed by atoms with E-state index < -0.39 is 29.2 Å². The fourth-order valence-electron chi connectivity index (χ4n) is 9.62. The van der Waals surface area contributed by atoms with Gasteiger partial charge in [-0.1, -0.05) is 59.7 Å². The highest BCUT2D eigenvalue weighted by Crippen LogP contribution is 2.53. The fraction of sp³-hybridized carbons (Fsp3) is 0.477. The number of nitrogens with zero attached hydrogens (tertiary/aromatic N) is 4. The highest BCUT2D eigenvalue weighted by Gasteiger charge is 2.58. The minimum absolute atomic E-state index is 0.0413. The zero-order chi connectivity index (χ0) is 41.3. The first-order valence-corrected chi connectivity index (χ1v) is 20.1. The first-order valence-electron chi connectivity index (χ1n) is 20.1. The van der Waals surface area contributed by atoms with Crippen molar-refractivity contribution in [2.45, 2.75) is 78.6 Å². The molecule has 58 heavy (non-hydrogen) atoms. The smallest absolute Gasteiger partial charge is 0.408 e. The number of alkyl carbamates (subject to hydrolysis) is 1. The lowest BCUT2D eigenvalue weighted by Crippen LogP contribution is -2.53. The first kappa shape index (κ1) is 39.2. The Morgan fingerprint density at radius 2 is 1.86 bits per heavy atom. The van der Waals surface area contributed by atoms with Crippen LogP contribution in [0.1, 0.15) is 77.6 Å². The molecule has 0 spiro atoms. The molecule has 3 aromatic carbocycles. The van der Waals surface area contributed by atoms with Gasteiger partial charge in [0, 0.05) is 37.1 Å². The van der Waals surface area contributed by atoms with Gasteiger partial charge in [-0.3, -0.25) is 9.69 Å². The molecule has 5 atom stereocenters. The number of benzene rings is 3. The highest BCUT2D eigenvalue weighted by molar-refractivity contribution is 6.07. The zero-order valence-corrected chi connectivity index (χ0v) is 34.4. The average molecular weight is 792 g/mol. The van der Waals surface area contributed by atoms with Crippen molar-refractivity contribution in [1.29, 1.82) is 0 Å². The van der Waals surface area contributed by atoms with E-state index in [1.54, 1.807) is 12.0 Å². The van der Waals surface area contributed by atoms with Crippen molar-refractivity contribution in [3.8, 4) is 28.1 Å². The molecule has 2 aromatic heterocycles. The molecule has 3 aliphatic rings. The number of nitrogens with one attached hydrogen (secondary N) is 3. The van der Waals surface area contributed by atoms with Gasteiger partial charge in [0.25, 0.3) is 0 Å². The largest absolute Gasteiger partial charge is 0.488 e. The van der Waals surface area contributed by atoms with Gasteiger partial charge in [0.2, 0.25) is 5.91 Å². The summed E-state index contributed by atoms with van der Waals surface area (Å²) in [4.78, 5) is 59.0. The van der Waals surface area contributed by atoms with Crippen LogP contribution in [0.3, 0.4) is 0 Å². The van der Waals surface area contributed by atoms with Gasteiger partial charge in [-0.15, -0.1) is 0 Å². The van der Waals surface area contributed by atoms with Crippen molar-refractivity contribution >= 4 is 39.9 Å². The number of rotatable bonds is 8. The molecule has 3 aliphatic heterocycles. The van der Waals surface area contributed by atoms with E-state index in [4.69, 9.17) is 24.2 Å². The van der Waals surface area contributed by atoms with Crippen molar-refractivity contribution in [3.05, 3.63) is 65.9 Å². The van der Waals surface area contributed by atoms with Crippen molar-refractivity contribution in [2.24, 2.45) is 23.2 Å². The summed E-state index contributed by atoms with van der Waals surface area (Å²) >= 11 is 0. The summed E-state index contributed by atoms with van der Waals surface area (Å²) < 4.78 is 16.7. The number of likely N-dealkylation sites (tertiary alicyclic amines) is 2. The molecule has 8 rings (SSSR count). The molecule has 14 heteroatoms. The number of imidazole rings is 2. The number of fused-ring (bicyclic) bond motifs is 6. The molecule has 4 N–H and O–H groups in total. The summed E-state index contributed by atoms with van der Waals surface area (Å²) in [5.74, 6) is 2.13. The van der Waals surface area contributed by atoms with Gasteiger partial charge in [-0.25, -0.2) is 19.6 Å². The Kier molecular flexibility index (Phi) is 9.89. The van der Waals surface area contributed by atoms with Crippen LogP contribution in [-0.2, 0) is 26.4 Å². The van der Waals surface area contributed by atoms with Gasteiger partial charge >= 0.3 is 12.2 Å². The fourth-order valence-corrected chi connectivity index (χ4v) is 9.62. The van der Waals surface area contributed by atoms with Crippen LogP contribution in [-0.4, -0.2) is 92.9 Å². The summed E-state index contributed by atoms with van der Waals surface area (Å²) in [6, 6.07) is 13.6.